The minimum absolute atomic E-state index is 0.116. The van der Waals surface area contributed by atoms with Crippen LogP contribution < -0.4 is 10.1 Å². The van der Waals surface area contributed by atoms with Gasteiger partial charge < -0.3 is 14.8 Å². The summed E-state index contributed by atoms with van der Waals surface area (Å²) in [5.41, 5.74) is 2.60. The zero-order valence-electron chi connectivity index (χ0n) is 14.3. The van der Waals surface area contributed by atoms with Crippen LogP contribution in [0, 0.1) is 5.82 Å². The summed E-state index contributed by atoms with van der Waals surface area (Å²) >= 11 is 0. The van der Waals surface area contributed by atoms with Crippen molar-refractivity contribution in [3.05, 3.63) is 65.0 Å². The van der Waals surface area contributed by atoms with Crippen molar-refractivity contribution in [1.29, 1.82) is 0 Å². The van der Waals surface area contributed by atoms with Crippen molar-refractivity contribution < 1.29 is 18.7 Å². The van der Waals surface area contributed by atoms with Crippen LogP contribution in [0.3, 0.4) is 0 Å². The number of amides is 1. The second kappa shape index (κ2) is 8.12. The summed E-state index contributed by atoms with van der Waals surface area (Å²) in [4.78, 5) is 12.3. The van der Waals surface area contributed by atoms with Crippen molar-refractivity contribution in [3.63, 3.8) is 0 Å². The van der Waals surface area contributed by atoms with Crippen molar-refractivity contribution >= 4 is 5.91 Å². The first-order valence-corrected chi connectivity index (χ1v) is 8.45. The van der Waals surface area contributed by atoms with Gasteiger partial charge in [-0.3, -0.25) is 4.79 Å². The molecule has 0 aliphatic carbocycles. The summed E-state index contributed by atoms with van der Waals surface area (Å²) in [6.07, 6.45) is 1.55. The normalized spacial score (nSPS) is 16.6. The number of methoxy groups -OCH3 is 1. The van der Waals surface area contributed by atoms with Crippen molar-refractivity contribution in [3.8, 4) is 5.75 Å². The second-order valence-electron chi connectivity index (χ2n) is 6.16. The average Bonchev–Trinajstić information content (AvgIpc) is 3.17. The van der Waals surface area contributed by atoms with Crippen LogP contribution in [-0.4, -0.2) is 32.8 Å². The molecular formula is C20H22FNO3. The Kier molecular flexibility index (Phi) is 5.66. The molecule has 1 atom stereocenters. The van der Waals surface area contributed by atoms with Gasteiger partial charge >= 0.3 is 0 Å². The molecular weight excluding hydrogens is 321 g/mol. The Hall–Kier alpha value is -2.40. The maximum Gasteiger partial charge on any atom is 0.251 e. The third-order valence-corrected chi connectivity index (χ3v) is 4.47. The molecule has 25 heavy (non-hydrogen) atoms. The van der Waals surface area contributed by atoms with Gasteiger partial charge in [0.15, 0.2) is 11.6 Å². The van der Waals surface area contributed by atoms with E-state index >= 15 is 0 Å². The summed E-state index contributed by atoms with van der Waals surface area (Å²) < 4.78 is 24.0. The summed E-state index contributed by atoms with van der Waals surface area (Å²) in [5.74, 6) is 0.0862. The number of hydrogen-bond acceptors (Lipinski definition) is 3. The Morgan fingerprint density at radius 1 is 1.32 bits per heavy atom. The summed E-state index contributed by atoms with van der Waals surface area (Å²) in [6, 6.07) is 12.5. The number of carbonyl (C=O) groups is 1. The summed E-state index contributed by atoms with van der Waals surface area (Å²) in [7, 11) is 1.43. The van der Waals surface area contributed by atoms with Crippen LogP contribution in [0.5, 0.6) is 5.75 Å². The van der Waals surface area contributed by atoms with Crippen LogP contribution in [0.1, 0.15) is 33.8 Å². The molecule has 0 spiro atoms. The highest BCUT2D eigenvalue weighted by Crippen LogP contribution is 2.25. The van der Waals surface area contributed by atoms with Crippen LogP contribution in [-0.2, 0) is 11.2 Å². The molecule has 132 valence electrons. The number of benzene rings is 2. The van der Waals surface area contributed by atoms with Gasteiger partial charge in [-0.25, -0.2) is 4.39 Å². The molecule has 1 aliphatic heterocycles. The number of nitrogens with one attached hydrogen (secondary N) is 1. The maximum absolute atomic E-state index is 13.7. The van der Waals surface area contributed by atoms with Gasteiger partial charge in [-0.1, -0.05) is 18.2 Å². The molecule has 1 saturated heterocycles. The molecule has 0 radical (unpaired) electrons. The van der Waals surface area contributed by atoms with E-state index in [1.807, 2.05) is 24.3 Å². The molecule has 1 N–H and O–H groups in total. The van der Waals surface area contributed by atoms with Crippen LogP contribution in [0.2, 0.25) is 0 Å². The van der Waals surface area contributed by atoms with Crippen LogP contribution >= 0.6 is 0 Å². The Balaban J connectivity index is 1.55. The highest BCUT2D eigenvalue weighted by atomic mass is 19.1. The van der Waals surface area contributed by atoms with Gasteiger partial charge in [-0.2, -0.15) is 0 Å². The quantitative estimate of drug-likeness (QED) is 0.875. The maximum atomic E-state index is 13.7. The Morgan fingerprint density at radius 3 is 2.92 bits per heavy atom. The third kappa shape index (κ3) is 4.37. The Morgan fingerprint density at radius 2 is 2.20 bits per heavy atom. The molecule has 1 heterocycles. The van der Waals surface area contributed by atoms with Crippen molar-refractivity contribution in [2.24, 2.45) is 0 Å². The minimum Gasteiger partial charge on any atom is -0.494 e. The van der Waals surface area contributed by atoms with Gasteiger partial charge in [0.2, 0.25) is 0 Å². The fraction of sp³-hybridized carbons (Fsp3) is 0.350. The summed E-state index contributed by atoms with van der Waals surface area (Å²) in [5, 5.41) is 2.89. The fourth-order valence-corrected chi connectivity index (χ4v) is 3.02. The van der Waals surface area contributed by atoms with Crippen molar-refractivity contribution in [1.82, 2.24) is 5.32 Å². The SMILES string of the molecule is COc1ccc(CCNC(=O)c2cccc([C@@H]3CCOC3)c2)cc1F. The molecule has 1 amide bonds. The largest absolute Gasteiger partial charge is 0.494 e. The lowest BCUT2D eigenvalue weighted by Gasteiger charge is -2.11. The van der Waals surface area contributed by atoms with Gasteiger partial charge in [0.1, 0.15) is 0 Å². The molecule has 1 aliphatic rings. The molecule has 5 heteroatoms. The molecule has 2 aromatic carbocycles. The monoisotopic (exact) mass is 343 g/mol. The first-order chi connectivity index (χ1) is 12.2. The molecule has 0 aromatic heterocycles. The Bertz CT molecular complexity index is 741. The van der Waals surface area contributed by atoms with E-state index in [9.17, 15) is 9.18 Å². The Labute approximate surface area is 147 Å². The topological polar surface area (TPSA) is 47.6 Å². The van der Waals surface area contributed by atoms with E-state index in [4.69, 9.17) is 9.47 Å². The zero-order chi connectivity index (χ0) is 17.6. The highest BCUT2D eigenvalue weighted by Gasteiger charge is 2.18. The van der Waals surface area contributed by atoms with E-state index in [-0.39, 0.29) is 11.7 Å². The smallest absolute Gasteiger partial charge is 0.251 e. The molecule has 3 rings (SSSR count). The molecule has 0 saturated carbocycles. The lowest BCUT2D eigenvalue weighted by Crippen LogP contribution is -2.25. The van der Waals surface area contributed by atoms with Gasteiger partial charge in [-0.05, 0) is 48.2 Å². The molecule has 1 fully saturated rings. The van der Waals surface area contributed by atoms with Gasteiger partial charge in [0, 0.05) is 24.6 Å². The third-order valence-electron chi connectivity index (χ3n) is 4.47. The van der Waals surface area contributed by atoms with Gasteiger partial charge in [-0.15, -0.1) is 0 Å². The van der Waals surface area contributed by atoms with Crippen LogP contribution in [0.25, 0.3) is 0 Å². The standard InChI is InChI=1S/C20H22FNO3/c1-24-19-6-5-14(11-18(19)21)7-9-22-20(23)16-4-2-3-15(12-16)17-8-10-25-13-17/h2-6,11-12,17H,7-10,13H2,1H3,(H,22,23)/t17-/m1/s1. The summed E-state index contributed by atoms with van der Waals surface area (Å²) in [6.45, 7) is 1.94. The molecule has 0 unspecified atom stereocenters. The lowest BCUT2D eigenvalue weighted by atomic mass is 9.96. The van der Waals surface area contributed by atoms with E-state index in [1.54, 1.807) is 12.1 Å². The van der Waals surface area contributed by atoms with Crippen molar-refractivity contribution in [2.45, 2.75) is 18.8 Å². The van der Waals surface area contributed by atoms with E-state index in [0.717, 1.165) is 24.2 Å². The predicted octanol–water partition coefficient (Wildman–Crippen LogP) is 3.31. The van der Waals surface area contributed by atoms with Crippen molar-refractivity contribution in [2.75, 3.05) is 26.9 Å². The molecule has 0 bridgehead atoms. The number of hydrogen-bond donors (Lipinski definition) is 1. The molecule has 4 nitrogen and oxygen atoms in total. The second-order valence-corrected chi connectivity index (χ2v) is 6.16. The highest BCUT2D eigenvalue weighted by molar-refractivity contribution is 5.94. The number of ether oxygens (including phenoxy) is 2. The van der Waals surface area contributed by atoms with E-state index in [1.165, 1.54) is 13.2 Å². The van der Waals surface area contributed by atoms with Crippen LogP contribution in [0.15, 0.2) is 42.5 Å². The van der Waals surface area contributed by atoms with E-state index in [2.05, 4.69) is 5.32 Å². The number of carbonyl (C=O) groups excluding carboxylic acids is 1. The predicted molar refractivity (Wildman–Crippen MR) is 93.6 cm³/mol. The van der Waals surface area contributed by atoms with E-state index in [0.29, 0.717) is 31.1 Å². The average molecular weight is 343 g/mol. The fourth-order valence-electron chi connectivity index (χ4n) is 3.02. The van der Waals surface area contributed by atoms with Gasteiger partial charge in [0.05, 0.1) is 13.7 Å². The first kappa shape index (κ1) is 17.4. The van der Waals surface area contributed by atoms with Gasteiger partial charge in [0.25, 0.3) is 5.91 Å². The minimum atomic E-state index is -0.391. The van der Waals surface area contributed by atoms with E-state index < -0.39 is 5.82 Å². The number of halogens is 1. The lowest BCUT2D eigenvalue weighted by molar-refractivity contribution is 0.0954. The van der Waals surface area contributed by atoms with Crippen LogP contribution in [0.4, 0.5) is 4.39 Å². The zero-order valence-corrected chi connectivity index (χ0v) is 14.3. The molecule has 2 aromatic rings. The number of rotatable bonds is 6. The first-order valence-electron chi connectivity index (χ1n) is 8.45.